The van der Waals surface area contributed by atoms with E-state index >= 15 is 0 Å². The fourth-order valence-electron chi connectivity index (χ4n) is 4.73. The molecule has 0 aliphatic carbocycles. The third-order valence-corrected chi connectivity index (χ3v) is 6.91. The summed E-state index contributed by atoms with van der Waals surface area (Å²) in [5.74, 6) is 1.34. The molecule has 3 heterocycles. The van der Waals surface area contributed by atoms with E-state index in [0.29, 0.717) is 58.2 Å². The van der Waals surface area contributed by atoms with Crippen LogP contribution < -0.4 is 15.0 Å². The highest BCUT2D eigenvalue weighted by atomic mass is 35.5. The Kier molecular flexibility index (Phi) is 6.17. The Labute approximate surface area is 223 Å². The average Bonchev–Trinajstić information content (AvgIpc) is 3.25. The maximum absolute atomic E-state index is 13.8. The van der Waals surface area contributed by atoms with Crippen LogP contribution in [0.5, 0.6) is 11.5 Å². The molecule has 0 aliphatic rings. The Morgan fingerprint density at radius 2 is 1.55 bits per heavy atom. The summed E-state index contributed by atoms with van der Waals surface area (Å²) in [6.07, 6.45) is 2.26. The Bertz CT molecular complexity index is 1860. The van der Waals surface area contributed by atoms with Gasteiger partial charge in [-0.25, -0.2) is 15.0 Å². The van der Waals surface area contributed by atoms with Gasteiger partial charge in [0.15, 0.2) is 22.8 Å². The molecule has 0 unspecified atom stereocenters. The van der Waals surface area contributed by atoms with E-state index in [9.17, 15) is 4.79 Å². The van der Waals surface area contributed by atoms with Crippen LogP contribution in [-0.4, -0.2) is 38.3 Å². The van der Waals surface area contributed by atoms with Gasteiger partial charge in [-0.05, 0) is 53.9 Å². The second-order valence-electron chi connectivity index (χ2n) is 8.98. The van der Waals surface area contributed by atoms with Gasteiger partial charge in [-0.15, -0.1) is 0 Å². The van der Waals surface area contributed by atoms with E-state index in [4.69, 9.17) is 36.0 Å². The van der Waals surface area contributed by atoms with Gasteiger partial charge >= 0.3 is 0 Å². The van der Waals surface area contributed by atoms with E-state index in [2.05, 4.69) is 0 Å². The molecule has 0 radical (unpaired) electrons. The van der Waals surface area contributed by atoms with Crippen LogP contribution in [0.15, 0.2) is 77.9 Å². The first-order valence-corrected chi connectivity index (χ1v) is 12.5. The summed E-state index contributed by atoms with van der Waals surface area (Å²) in [6, 6.07) is 20.9. The first-order chi connectivity index (χ1) is 18.6. The van der Waals surface area contributed by atoms with E-state index < -0.39 is 0 Å². The number of para-hydroxylation sites is 2. The van der Waals surface area contributed by atoms with Gasteiger partial charge in [-0.3, -0.25) is 9.36 Å². The Hall–Kier alpha value is -4.43. The molecule has 9 heteroatoms. The topological polar surface area (TPSA) is 84.1 Å². The maximum Gasteiger partial charge on any atom is 0.265 e. The molecule has 6 aromatic rings. The molecule has 190 valence electrons. The van der Waals surface area contributed by atoms with Crippen molar-refractivity contribution in [3.05, 3.63) is 99.6 Å². The third-order valence-electron chi connectivity index (χ3n) is 6.66. The number of hydrogen-bond donors (Lipinski definition) is 0. The highest BCUT2D eigenvalue weighted by molar-refractivity contribution is 6.30. The average molecular weight is 526 g/mol. The summed E-state index contributed by atoms with van der Waals surface area (Å²) in [5.41, 5.74) is 5.08. The fourth-order valence-corrected chi connectivity index (χ4v) is 4.85. The highest BCUT2D eigenvalue weighted by Gasteiger charge is 2.20. The number of ether oxygens (including phenoxy) is 2. The lowest BCUT2D eigenvalue weighted by molar-refractivity contribution is 0.354. The molecule has 0 atom stereocenters. The minimum Gasteiger partial charge on any atom is -0.493 e. The van der Waals surface area contributed by atoms with Gasteiger partial charge < -0.3 is 14.0 Å². The van der Waals surface area contributed by atoms with Crippen molar-refractivity contribution < 1.29 is 9.47 Å². The van der Waals surface area contributed by atoms with Crippen molar-refractivity contribution in [1.82, 2.24) is 24.1 Å². The zero-order chi connectivity index (χ0) is 26.2. The molecule has 0 amide bonds. The molecule has 0 saturated carbocycles. The molecule has 0 bridgehead atoms. The molecule has 0 N–H and O–H groups in total. The van der Waals surface area contributed by atoms with Crippen LogP contribution in [0, 0.1) is 0 Å². The van der Waals surface area contributed by atoms with Crippen LogP contribution in [0.1, 0.15) is 11.1 Å². The van der Waals surface area contributed by atoms with Gasteiger partial charge in [0.05, 0.1) is 31.8 Å². The van der Waals surface area contributed by atoms with Crippen molar-refractivity contribution in [2.75, 3.05) is 14.2 Å². The van der Waals surface area contributed by atoms with E-state index in [1.807, 2.05) is 71.3 Å². The maximum atomic E-state index is 13.8. The smallest absolute Gasteiger partial charge is 0.265 e. The number of hydrogen-bond acceptors (Lipinski definition) is 6. The van der Waals surface area contributed by atoms with Gasteiger partial charge in [-0.2, -0.15) is 0 Å². The number of methoxy groups -OCH3 is 2. The van der Waals surface area contributed by atoms with Gasteiger partial charge in [0.1, 0.15) is 17.2 Å². The predicted octanol–water partition coefficient (Wildman–Crippen LogP) is 5.26. The molecular weight excluding hydrogens is 502 g/mol. The minimum atomic E-state index is -0.163. The zero-order valence-electron chi connectivity index (χ0n) is 20.9. The van der Waals surface area contributed by atoms with Gasteiger partial charge in [0.25, 0.3) is 5.56 Å². The molecule has 3 aromatic carbocycles. The number of benzene rings is 3. The zero-order valence-corrected chi connectivity index (χ0v) is 21.6. The molecule has 38 heavy (non-hydrogen) atoms. The third kappa shape index (κ3) is 4.22. The number of aromatic nitrogens is 5. The number of halogens is 1. The number of fused-ring (bicyclic) bond motifs is 4. The van der Waals surface area contributed by atoms with Crippen LogP contribution in [0.4, 0.5) is 0 Å². The van der Waals surface area contributed by atoms with E-state index in [1.165, 1.54) is 0 Å². The lowest BCUT2D eigenvalue weighted by Gasteiger charge is -2.11. The van der Waals surface area contributed by atoms with E-state index in [0.717, 1.165) is 22.2 Å². The van der Waals surface area contributed by atoms with Crippen LogP contribution in [-0.2, 0) is 19.5 Å². The fraction of sp³-hybridized carbons (Fsp3) is 0.172. The second-order valence-corrected chi connectivity index (χ2v) is 9.41. The van der Waals surface area contributed by atoms with E-state index in [1.54, 1.807) is 25.1 Å². The van der Waals surface area contributed by atoms with Crippen LogP contribution in [0.25, 0.3) is 33.2 Å². The summed E-state index contributed by atoms with van der Waals surface area (Å²) in [6.45, 7) is 0.925. The van der Waals surface area contributed by atoms with E-state index in [-0.39, 0.29) is 5.56 Å². The molecule has 0 saturated heterocycles. The van der Waals surface area contributed by atoms with Crippen molar-refractivity contribution in [1.29, 1.82) is 0 Å². The standard InChI is InChI=1S/C29H24ClN5O3/c1-37-23-12-9-18(15-24(23)38-2)13-14-35-27-25(26-28(35)33-22-6-4-3-5-21(22)32-26)29(36)34(17-31-27)16-19-7-10-20(30)11-8-19/h3-12,15,17H,13-14,16H2,1-2H3. The molecular formula is C29H24ClN5O3. The first-order valence-electron chi connectivity index (χ1n) is 12.1. The summed E-state index contributed by atoms with van der Waals surface area (Å²) in [5, 5.41) is 1.11. The number of nitrogens with zero attached hydrogens (tertiary/aromatic N) is 5. The van der Waals surface area contributed by atoms with Crippen LogP contribution in [0.2, 0.25) is 5.02 Å². The molecule has 0 fully saturated rings. The summed E-state index contributed by atoms with van der Waals surface area (Å²) in [7, 11) is 3.23. The van der Waals surface area contributed by atoms with Crippen molar-refractivity contribution >= 4 is 44.8 Å². The van der Waals surface area contributed by atoms with Gasteiger partial charge in [0, 0.05) is 11.6 Å². The molecule has 0 aliphatic heterocycles. The van der Waals surface area contributed by atoms with Crippen molar-refractivity contribution in [2.24, 2.45) is 0 Å². The van der Waals surface area contributed by atoms with Crippen molar-refractivity contribution in [3.63, 3.8) is 0 Å². The normalized spacial score (nSPS) is 11.4. The van der Waals surface area contributed by atoms with Crippen LogP contribution >= 0.6 is 11.6 Å². The molecule has 6 rings (SSSR count). The Morgan fingerprint density at radius 3 is 2.29 bits per heavy atom. The summed E-state index contributed by atoms with van der Waals surface area (Å²) >= 11 is 6.03. The van der Waals surface area contributed by atoms with Gasteiger partial charge in [-0.1, -0.05) is 41.9 Å². The summed E-state index contributed by atoms with van der Waals surface area (Å²) in [4.78, 5) is 28.3. The SMILES string of the molecule is COc1ccc(CCn2c3nc4ccccc4nc3c3c(=O)n(Cc4ccc(Cl)cc4)cnc32)cc1OC. The number of aryl methyl sites for hydroxylation is 2. The first kappa shape index (κ1) is 23.9. The Balaban J connectivity index is 1.48. The monoisotopic (exact) mass is 525 g/mol. The second kappa shape index (κ2) is 9.79. The molecule has 8 nitrogen and oxygen atoms in total. The quantitative estimate of drug-likeness (QED) is 0.283. The highest BCUT2D eigenvalue weighted by Crippen LogP contribution is 2.29. The molecule has 3 aromatic heterocycles. The lowest BCUT2D eigenvalue weighted by Crippen LogP contribution is -2.21. The van der Waals surface area contributed by atoms with Crippen LogP contribution in [0.3, 0.4) is 0 Å². The Morgan fingerprint density at radius 1 is 0.842 bits per heavy atom. The van der Waals surface area contributed by atoms with Gasteiger partial charge in [0.2, 0.25) is 0 Å². The minimum absolute atomic E-state index is 0.163. The summed E-state index contributed by atoms with van der Waals surface area (Å²) < 4.78 is 14.4. The molecule has 0 spiro atoms. The van der Waals surface area contributed by atoms with Crippen molar-refractivity contribution in [3.8, 4) is 11.5 Å². The lowest BCUT2D eigenvalue weighted by atomic mass is 10.1. The predicted molar refractivity (Wildman–Crippen MR) is 148 cm³/mol. The number of rotatable bonds is 7. The largest absolute Gasteiger partial charge is 0.493 e. The van der Waals surface area contributed by atoms with Crippen molar-refractivity contribution in [2.45, 2.75) is 19.5 Å².